The van der Waals surface area contributed by atoms with E-state index < -0.39 is 0 Å². The zero-order valence-electron chi connectivity index (χ0n) is 9.10. The molecule has 1 aliphatic rings. The number of aliphatic imine (C=N–C) groups is 1. The highest BCUT2D eigenvalue weighted by molar-refractivity contribution is 5.68. The first-order valence-electron chi connectivity index (χ1n) is 4.91. The number of hydrogen-bond acceptors (Lipinski definition) is 3. The Morgan fingerprint density at radius 2 is 2.07 bits per heavy atom. The first kappa shape index (κ1) is 10.6. The Morgan fingerprint density at radius 3 is 2.79 bits per heavy atom. The van der Waals surface area contributed by atoms with E-state index in [0.717, 1.165) is 5.82 Å². The quantitative estimate of drug-likeness (QED) is 0.633. The molecule has 1 aromatic rings. The normalized spacial score (nSPS) is 18.1. The summed E-state index contributed by atoms with van der Waals surface area (Å²) in [5.41, 5.74) is 0. The Hall–Kier alpha value is -1.45. The van der Waals surface area contributed by atoms with Gasteiger partial charge in [0.2, 0.25) is 0 Å². The van der Waals surface area contributed by atoms with Crippen molar-refractivity contribution in [1.82, 2.24) is 14.8 Å². The van der Waals surface area contributed by atoms with E-state index in [1.165, 1.54) is 0 Å². The van der Waals surface area contributed by atoms with Crippen LogP contribution in [-0.4, -0.2) is 21.0 Å². The van der Waals surface area contributed by atoms with Crippen molar-refractivity contribution in [1.29, 1.82) is 0 Å². The van der Waals surface area contributed by atoms with E-state index >= 15 is 0 Å². The summed E-state index contributed by atoms with van der Waals surface area (Å²) in [5.74, 6) is 1.77. The molecule has 0 aliphatic carbocycles. The van der Waals surface area contributed by atoms with Crippen LogP contribution in [0.2, 0.25) is 0 Å². The van der Waals surface area contributed by atoms with Gasteiger partial charge in [-0.15, -0.1) is 0 Å². The third-order valence-corrected chi connectivity index (χ3v) is 1.68. The van der Waals surface area contributed by atoms with Crippen molar-refractivity contribution in [3.05, 3.63) is 11.9 Å². The standard InChI is InChI=1S/C8H10N4.C2H6/c1-6-3-4-12-8(9-5-6)10-7(2)11-12;1-2/h3-6H,1-2H3;1-2H3. The Kier molecular flexibility index (Phi) is 3.56. The monoisotopic (exact) mass is 192 g/mol. The summed E-state index contributed by atoms with van der Waals surface area (Å²) >= 11 is 0. The van der Waals surface area contributed by atoms with E-state index in [2.05, 4.69) is 22.0 Å². The molecule has 0 fully saturated rings. The largest absolute Gasteiger partial charge is 0.252 e. The summed E-state index contributed by atoms with van der Waals surface area (Å²) in [6, 6.07) is 0. The Morgan fingerprint density at radius 1 is 1.36 bits per heavy atom. The van der Waals surface area contributed by atoms with Crippen LogP contribution in [0.3, 0.4) is 0 Å². The van der Waals surface area contributed by atoms with Crippen LogP contribution in [0.25, 0.3) is 6.20 Å². The first-order chi connectivity index (χ1) is 6.75. The molecule has 1 atom stereocenters. The molecule has 0 bridgehead atoms. The predicted molar refractivity (Wildman–Crippen MR) is 58.8 cm³/mol. The van der Waals surface area contributed by atoms with Crippen LogP contribution in [0.4, 0.5) is 5.95 Å². The molecule has 2 rings (SSSR count). The molecule has 0 saturated heterocycles. The van der Waals surface area contributed by atoms with Crippen molar-refractivity contribution in [3.8, 4) is 0 Å². The average Bonchev–Trinajstić information content (AvgIpc) is 2.47. The van der Waals surface area contributed by atoms with Gasteiger partial charge in [-0.2, -0.15) is 10.1 Å². The van der Waals surface area contributed by atoms with Crippen molar-refractivity contribution >= 4 is 18.4 Å². The van der Waals surface area contributed by atoms with Crippen LogP contribution in [0.5, 0.6) is 0 Å². The topological polar surface area (TPSA) is 43.1 Å². The molecule has 1 unspecified atom stereocenters. The maximum atomic E-state index is 4.19. The fraction of sp³-hybridized carbons (Fsp3) is 0.500. The second-order valence-corrected chi connectivity index (χ2v) is 2.88. The molecule has 4 nitrogen and oxygen atoms in total. The van der Waals surface area contributed by atoms with Gasteiger partial charge in [-0.3, -0.25) is 0 Å². The lowest BCUT2D eigenvalue weighted by Gasteiger charge is -1.89. The zero-order chi connectivity index (χ0) is 10.6. The van der Waals surface area contributed by atoms with Crippen LogP contribution in [0.15, 0.2) is 11.1 Å². The van der Waals surface area contributed by atoms with Crippen LogP contribution >= 0.6 is 0 Å². The third kappa shape index (κ3) is 2.28. The highest BCUT2D eigenvalue weighted by Crippen LogP contribution is 2.13. The molecule has 0 spiro atoms. The summed E-state index contributed by atoms with van der Waals surface area (Å²) in [5, 5.41) is 4.15. The molecule has 0 radical (unpaired) electrons. The van der Waals surface area contributed by atoms with Crippen molar-refractivity contribution in [3.63, 3.8) is 0 Å². The Bertz CT molecular complexity index is 318. The third-order valence-electron chi connectivity index (χ3n) is 1.68. The highest BCUT2D eigenvalue weighted by atomic mass is 15.4. The van der Waals surface area contributed by atoms with Crippen molar-refractivity contribution < 1.29 is 0 Å². The van der Waals surface area contributed by atoms with Gasteiger partial charge < -0.3 is 0 Å². The van der Waals surface area contributed by atoms with Crippen LogP contribution in [0, 0.1) is 12.8 Å². The molecule has 0 amide bonds. The SMILES string of the molecule is CC.Cc1nc2n(n1)C=CC(C)C=N2. The molecule has 4 heteroatoms. The Labute approximate surface area is 84.4 Å². The molecule has 2 heterocycles. The fourth-order valence-corrected chi connectivity index (χ4v) is 1.06. The second-order valence-electron chi connectivity index (χ2n) is 2.88. The van der Waals surface area contributed by atoms with Crippen molar-refractivity contribution in [2.45, 2.75) is 27.7 Å². The minimum absolute atomic E-state index is 0.355. The van der Waals surface area contributed by atoms with Crippen LogP contribution in [0.1, 0.15) is 26.6 Å². The first-order valence-corrected chi connectivity index (χ1v) is 4.91. The lowest BCUT2D eigenvalue weighted by molar-refractivity contribution is 0.909. The number of fused-ring (bicyclic) bond motifs is 1. The maximum absolute atomic E-state index is 4.19. The Balaban J connectivity index is 0.000000461. The molecule has 1 aliphatic heterocycles. The fourth-order valence-electron chi connectivity index (χ4n) is 1.06. The summed E-state index contributed by atoms with van der Waals surface area (Å²) in [4.78, 5) is 8.34. The number of aromatic nitrogens is 3. The van der Waals surface area contributed by atoms with Gasteiger partial charge in [-0.05, 0) is 6.92 Å². The van der Waals surface area contributed by atoms with E-state index in [-0.39, 0.29) is 0 Å². The van der Waals surface area contributed by atoms with Gasteiger partial charge in [0.15, 0.2) is 0 Å². The van der Waals surface area contributed by atoms with Crippen molar-refractivity contribution in [2.24, 2.45) is 10.9 Å². The van der Waals surface area contributed by atoms with Gasteiger partial charge in [-0.1, -0.05) is 26.8 Å². The van der Waals surface area contributed by atoms with Gasteiger partial charge >= 0.3 is 0 Å². The van der Waals surface area contributed by atoms with Crippen LogP contribution < -0.4 is 0 Å². The number of hydrogen-bond donors (Lipinski definition) is 0. The number of nitrogens with zero attached hydrogens (tertiary/aromatic N) is 4. The number of rotatable bonds is 0. The second kappa shape index (κ2) is 4.69. The predicted octanol–water partition coefficient (Wildman–Crippen LogP) is 2.44. The summed E-state index contributed by atoms with van der Waals surface area (Å²) in [7, 11) is 0. The maximum Gasteiger partial charge on any atom is 0.252 e. The molecule has 76 valence electrons. The van der Waals surface area contributed by atoms with E-state index in [9.17, 15) is 0 Å². The molecule has 0 aromatic carbocycles. The van der Waals surface area contributed by atoms with Gasteiger partial charge in [0.05, 0.1) is 0 Å². The lowest BCUT2D eigenvalue weighted by Crippen LogP contribution is -1.88. The highest BCUT2D eigenvalue weighted by Gasteiger charge is 2.05. The van der Waals surface area contributed by atoms with Gasteiger partial charge in [0, 0.05) is 18.3 Å². The van der Waals surface area contributed by atoms with Crippen LogP contribution in [-0.2, 0) is 0 Å². The number of aryl methyl sites for hydroxylation is 1. The summed E-state index contributed by atoms with van der Waals surface area (Å²) < 4.78 is 1.69. The smallest absolute Gasteiger partial charge is 0.223 e. The van der Waals surface area contributed by atoms with Gasteiger partial charge in [0.25, 0.3) is 5.95 Å². The van der Waals surface area contributed by atoms with Gasteiger partial charge in [0.1, 0.15) is 5.82 Å². The van der Waals surface area contributed by atoms with E-state index in [1.54, 1.807) is 4.68 Å². The summed E-state index contributed by atoms with van der Waals surface area (Å²) in [6.45, 7) is 7.92. The number of allylic oxidation sites excluding steroid dienone is 1. The van der Waals surface area contributed by atoms with Crippen molar-refractivity contribution in [2.75, 3.05) is 0 Å². The van der Waals surface area contributed by atoms with E-state index in [0.29, 0.717) is 11.9 Å². The van der Waals surface area contributed by atoms with E-state index in [4.69, 9.17) is 0 Å². The summed E-state index contributed by atoms with van der Waals surface area (Å²) in [6.07, 6.45) is 5.80. The average molecular weight is 192 g/mol. The molecule has 0 saturated carbocycles. The minimum atomic E-state index is 0.355. The lowest BCUT2D eigenvalue weighted by atomic mass is 10.2. The molecule has 0 N–H and O–H groups in total. The molecule has 1 aromatic heterocycles. The molecule has 14 heavy (non-hydrogen) atoms. The van der Waals surface area contributed by atoms with Gasteiger partial charge in [-0.25, -0.2) is 9.67 Å². The van der Waals surface area contributed by atoms with E-state index in [1.807, 2.05) is 39.3 Å². The minimum Gasteiger partial charge on any atom is -0.223 e. The molecular formula is C10H16N4. The zero-order valence-corrected chi connectivity index (χ0v) is 9.10. The molecular weight excluding hydrogens is 176 g/mol.